The van der Waals surface area contributed by atoms with Gasteiger partial charge in [-0.1, -0.05) is 29.8 Å². The smallest absolute Gasteiger partial charge is 0.335 e. The van der Waals surface area contributed by atoms with Crippen molar-refractivity contribution >= 4 is 23.5 Å². The van der Waals surface area contributed by atoms with E-state index in [-0.39, 0.29) is 5.82 Å². The molecule has 2 aromatic carbocycles. The Morgan fingerprint density at radius 1 is 1.00 bits per heavy atom. The van der Waals surface area contributed by atoms with Crippen molar-refractivity contribution in [1.29, 1.82) is 0 Å². The standard InChI is InChI=1S/C18H19ClFN.C4H6O6/c19-18-7-5-14-8-10-21-11-9-16(14)17(18)6-4-13-2-1-3-15(20)12-13;5-1(3(7)8)2(6)4(9)10/h1-3,5,7,12,21H,4,6,8-11H2;1-2,5-6H,(H,7,8)(H,9,10)/t;1-,2-/m.1/s1. The number of halogens is 2. The number of aliphatic hydroxyl groups is 2. The highest BCUT2D eigenvalue weighted by Crippen LogP contribution is 2.27. The highest BCUT2D eigenvalue weighted by Gasteiger charge is 2.29. The summed E-state index contributed by atoms with van der Waals surface area (Å²) in [7, 11) is 0. The van der Waals surface area contributed by atoms with Gasteiger partial charge in [-0.2, -0.15) is 0 Å². The first kappa shape index (κ1) is 24.7. The SMILES string of the molecule is Fc1cccc(CCc2c(Cl)ccc3c2CCNCC3)c1.O=C(O)[C@H](O)[C@@H](O)C(=O)O. The van der Waals surface area contributed by atoms with Crippen LogP contribution in [0.15, 0.2) is 36.4 Å². The maximum Gasteiger partial charge on any atom is 0.335 e. The molecule has 2 aromatic rings. The lowest BCUT2D eigenvalue weighted by atomic mass is 9.93. The number of hydrogen-bond donors (Lipinski definition) is 5. The second-order valence-electron chi connectivity index (χ2n) is 7.11. The molecule has 1 aliphatic heterocycles. The number of carboxylic acids is 2. The number of benzene rings is 2. The summed E-state index contributed by atoms with van der Waals surface area (Å²) < 4.78 is 13.3. The molecule has 0 fully saturated rings. The highest BCUT2D eigenvalue weighted by molar-refractivity contribution is 6.31. The van der Waals surface area contributed by atoms with Crippen LogP contribution in [0.25, 0.3) is 0 Å². The van der Waals surface area contributed by atoms with Crippen LogP contribution in [0, 0.1) is 5.82 Å². The van der Waals surface area contributed by atoms with Crippen LogP contribution in [-0.2, 0) is 35.3 Å². The Morgan fingerprint density at radius 2 is 1.65 bits per heavy atom. The Hall–Kier alpha value is -2.52. The van der Waals surface area contributed by atoms with Gasteiger partial charge in [0.15, 0.2) is 12.2 Å². The van der Waals surface area contributed by atoms with Crippen LogP contribution in [0.4, 0.5) is 4.39 Å². The van der Waals surface area contributed by atoms with E-state index in [9.17, 15) is 14.0 Å². The van der Waals surface area contributed by atoms with Gasteiger partial charge in [-0.3, -0.25) is 0 Å². The normalized spacial score (nSPS) is 15.0. The molecule has 168 valence electrons. The molecule has 31 heavy (non-hydrogen) atoms. The maximum atomic E-state index is 13.3. The predicted octanol–water partition coefficient (Wildman–Crippen LogP) is 1.83. The van der Waals surface area contributed by atoms with Crippen LogP contribution < -0.4 is 5.32 Å². The van der Waals surface area contributed by atoms with Gasteiger partial charge in [-0.05, 0) is 79.2 Å². The molecule has 9 heteroatoms. The van der Waals surface area contributed by atoms with Crippen LogP contribution in [0.5, 0.6) is 0 Å². The molecular formula is C22H25ClFNO6. The molecule has 0 unspecified atom stereocenters. The van der Waals surface area contributed by atoms with Gasteiger partial charge in [-0.25, -0.2) is 14.0 Å². The van der Waals surface area contributed by atoms with Crippen molar-refractivity contribution in [2.45, 2.75) is 37.9 Å². The van der Waals surface area contributed by atoms with Crippen molar-refractivity contribution in [1.82, 2.24) is 5.32 Å². The third kappa shape index (κ3) is 7.29. The monoisotopic (exact) mass is 453 g/mol. The fourth-order valence-electron chi connectivity index (χ4n) is 3.32. The second-order valence-corrected chi connectivity index (χ2v) is 7.52. The average Bonchev–Trinajstić information content (AvgIpc) is 2.98. The Morgan fingerprint density at radius 3 is 2.26 bits per heavy atom. The Bertz CT molecular complexity index is 905. The number of aliphatic carboxylic acids is 2. The number of aryl methyl sites for hydroxylation is 1. The van der Waals surface area contributed by atoms with E-state index in [2.05, 4.69) is 11.4 Å². The molecule has 1 heterocycles. The van der Waals surface area contributed by atoms with E-state index in [1.54, 1.807) is 12.1 Å². The quantitative estimate of drug-likeness (QED) is 0.451. The van der Waals surface area contributed by atoms with Gasteiger partial charge in [-0.15, -0.1) is 0 Å². The Labute approximate surface area is 184 Å². The number of nitrogens with one attached hydrogen (secondary N) is 1. The Kier molecular flexibility index (Phi) is 9.39. The van der Waals surface area contributed by atoms with E-state index in [1.165, 1.54) is 22.8 Å². The lowest BCUT2D eigenvalue weighted by Gasteiger charge is -2.14. The van der Waals surface area contributed by atoms with Crippen LogP contribution in [-0.4, -0.2) is 57.7 Å². The molecule has 0 saturated carbocycles. The summed E-state index contributed by atoms with van der Waals surface area (Å²) in [5.41, 5.74) is 5.06. The van der Waals surface area contributed by atoms with Gasteiger partial charge >= 0.3 is 11.9 Å². The van der Waals surface area contributed by atoms with Crippen molar-refractivity contribution in [2.24, 2.45) is 0 Å². The number of carbonyl (C=O) groups is 2. The first-order valence-electron chi connectivity index (χ1n) is 9.76. The van der Waals surface area contributed by atoms with Crippen LogP contribution in [0.2, 0.25) is 5.02 Å². The summed E-state index contributed by atoms with van der Waals surface area (Å²) in [4.78, 5) is 19.5. The van der Waals surface area contributed by atoms with E-state index in [1.807, 2.05) is 12.1 Å². The summed E-state index contributed by atoms with van der Waals surface area (Å²) >= 11 is 6.42. The molecule has 0 spiro atoms. The zero-order valence-corrected chi connectivity index (χ0v) is 17.5. The fraction of sp³-hybridized carbons (Fsp3) is 0.364. The molecule has 0 saturated heterocycles. The van der Waals surface area contributed by atoms with Crippen LogP contribution in [0.3, 0.4) is 0 Å². The maximum absolute atomic E-state index is 13.3. The number of rotatable bonds is 6. The van der Waals surface area contributed by atoms with Gasteiger partial charge in [0, 0.05) is 5.02 Å². The van der Waals surface area contributed by atoms with E-state index in [0.29, 0.717) is 0 Å². The number of hydrogen-bond acceptors (Lipinski definition) is 5. The van der Waals surface area contributed by atoms with Gasteiger partial charge in [0.1, 0.15) is 5.82 Å². The van der Waals surface area contributed by atoms with E-state index in [0.717, 1.165) is 49.4 Å². The summed E-state index contributed by atoms with van der Waals surface area (Å²) in [6.45, 7) is 2.03. The van der Waals surface area contributed by atoms with Crippen molar-refractivity contribution in [3.63, 3.8) is 0 Å². The topological polar surface area (TPSA) is 127 Å². The van der Waals surface area contributed by atoms with Gasteiger partial charge in [0.05, 0.1) is 0 Å². The van der Waals surface area contributed by atoms with Crippen molar-refractivity contribution in [2.75, 3.05) is 13.1 Å². The largest absolute Gasteiger partial charge is 0.479 e. The van der Waals surface area contributed by atoms with E-state index in [4.69, 9.17) is 32.0 Å². The number of aliphatic hydroxyl groups excluding tert-OH is 2. The van der Waals surface area contributed by atoms with Gasteiger partial charge in [0.2, 0.25) is 0 Å². The predicted molar refractivity (Wildman–Crippen MR) is 113 cm³/mol. The molecule has 3 rings (SSSR count). The highest BCUT2D eigenvalue weighted by atomic mass is 35.5. The molecule has 2 atom stereocenters. The zero-order valence-electron chi connectivity index (χ0n) is 16.7. The van der Waals surface area contributed by atoms with Crippen molar-refractivity contribution < 1.29 is 34.4 Å². The average molecular weight is 454 g/mol. The number of fused-ring (bicyclic) bond motifs is 1. The third-order valence-corrected chi connectivity index (χ3v) is 5.31. The van der Waals surface area contributed by atoms with Crippen LogP contribution in [0.1, 0.15) is 22.3 Å². The molecule has 5 N–H and O–H groups in total. The van der Waals surface area contributed by atoms with E-state index < -0.39 is 24.1 Å². The minimum absolute atomic E-state index is 0.172. The number of carboxylic acid groups (broad SMARTS) is 2. The molecule has 0 aromatic heterocycles. The van der Waals surface area contributed by atoms with Gasteiger partial charge in [0.25, 0.3) is 0 Å². The summed E-state index contributed by atoms with van der Waals surface area (Å²) in [5.74, 6) is -3.71. The van der Waals surface area contributed by atoms with Crippen LogP contribution >= 0.6 is 11.6 Å². The Balaban J connectivity index is 0.000000291. The minimum Gasteiger partial charge on any atom is -0.479 e. The third-order valence-electron chi connectivity index (χ3n) is 4.95. The lowest BCUT2D eigenvalue weighted by Crippen LogP contribution is -2.39. The second kappa shape index (κ2) is 11.8. The molecule has 0 bridgehead atoms. The van der Waals surface area contributed by atoms with E-state index >= 15 is 0 Å². The van der Waals surface area contributed by atoms with Crippen molar-refractivity contribution in [3.05, 3.63) is 69.5 Å². The molecular weight excluding hydrogens is 429 g/mol. The summed E-state index contributed by atoms with van der Waals surface area (Å²) in [6.07, 6.45) is -0.768. The van der Waals surface area contributed by atoms with Gasteiger partial charge < -0.3 is 25.7 Å². The lowest BCUT2D eigenvalue weighted by molar-refractivity contribution is -0.165. The molecule has 0 radical (unpaired) electrons. The molecule has 0 amide bonds. The molecule has 0 aliphatic carbocycles. The van der Waals surface area contributed by atoms with Crippen molar-refractivity contribution in [3.8, 4) is 0 Å². The zero-order chi connectivity index (χ0) is 23.0. The molecule has 1 aliphatic rings. The molecule has 7 nitrogen and oxygen atoms in total. The summed E-state index contributed by atoms with van der Waals surface area (Å²) in [6, 6.07) is 11.0. The minimum atomic E-state index is -2.27. The fourth-order valence-corrected chi connectivity index (χ4v) is 3.59. The first-order chi connectivity index (χ1) is 14.7. The first-order valence-corrected chi connectivity index (χ1v) is 10.1. The summed E-state index contributed by atoms with van der Waals surface area (Å²) in [5, 5.41) is 36.8.